The first-order chi connectivity index (χ1) is 19.2. The smallest absolute Gasteiger partial charge is 0.338 e. The van der Waals surface area contributed by atoms with Crippen molar-refractivity contribution in [1.82, 2.24) is 9.80 Å². The summed E-state index contributed by atoms with van der Waals surface area (Å²) in [6.45, 7) is 7.69. The average molecular weight is 577 g/mol. The number of carbonyl (C=O) groups excluding carboxylic acids is 1. The molecule has 0 radical (unpaired) electrons. The Kier molecular flexibility index (Phi) is 9.16. The maximum absolute atomic E-state index is 13.6. The summed E-state index contributed by atoms with van der Waals surface area (Å²) >= 11 is 0. The van der Waals surface area contributed by atoms with Gasteiger partial charge in [0.2, 0.25) is 0 Å². The molecule has 0 spiro atoms. The number of amides is 1. The van der Waals surface area contributed by atoms with Crippen molar-refractivity contribution in [3.63, 3.8) is 0 Å². The summed E-state index contributed by atoms with van der Waals surface area (Å²) in [5, 5.41) is 0. The average Bonchev–Trinajstić information content (AvgIpc) is 3.29. The van der Waals surface area contributed by atoms with E-state index in [0.29, 0.717) is 42.9 Å². The third-order valence-corrected chi connectivity index (χ3v) is 7.45. The summed E-state index contributed by atoms with van der Waals surface area (Å²) in [5.74, 6) is -0.571. The first kappa shape index (κ1) is 30.6. The molecule has 3 aromatic rings. The molecule has 0 bridgehead atoms. The number of nitrogens with zero attached hydrogens (tertiary/aromatic N) is 2. The third-order valence-electron chi connectivity index (χ3n) is 7.45. The van der Waals surface area contributed by atoms with Crippen LogP contribution in [0.4, 0.5) is 26.3 Å². The zero-order valence-corrected chi connectivity index (χ0v) is 23.3. The summed E-state index contributed by atoms with van der Waals surface area (Å²) in [7, 11) is 0. The highest BCUT2D eigenvalue weighted by molar-refractivity contribution is 5.94. The van der Waals surface area contributed by atoms with Gasteiger partial charge in [0, 0.05) is 44.2 Å². The van der Waals surface area contributed by atoms with E-state index in [-0.39, 0.29) is 30.2 Å². The monoisotopic (exact) mass is 576 g/mol. The number of hydrogen-bond donors (Lipinski definition) is 0. The summed E-state index contributed by atoms with van der Waals surface area (Å²) in [5.41, 5.74) is 1.03. The Bertz CT molecular complexity index is 1330. The molecule has 0 N–H and O–H groups in total. The van der Waals surface area contributed by atoms with Crippen LogP contribution in [-0.4, -0.2) is 41.9 Å². The minimum atomic E-state index is -4.51. The molecule has 0 unspecified atom stereocenters. The van der Waals surface area contributed by atoms with E-state index in [1.807, 2.05) is 37.8 Å². The molecular weight excluding hydrogens is 542 g/mol. The maximum atomic E-state index is 13.6. The van der Waals surface area contributed by atoms with Crippen LogP contribution in [0.2, 0.25) is 0 Å². The number of carbonyl (C=O) groups is 1. The zero-order valence-electron chi connectivity index (χ0n) is 23.3. The molecule has 1 saturated heterocycles. The molecule has 41 heavy (non-hydrogen) atoms. The van der Waals surface area contributed by atoms with Gasteiger partial charge in [-0.2, -0.15) is 26.3 Å². The molecule has 1 amide bonds. The van der Waals surface area contributed by atoms with E-state index in [9.17, 15) is 31.1 Å². The predicted molar refractivity (Wildman–Crippen MR) is 146 cm³/mol. The first-order valence-corrected chi connectivity index (χ1v) is 13.6. The van der Waals surface area contributed by atoms with E-state index < -0.39 is 23.5 Å². The number of likely N-dealkylation sites (tertiary alicyclic amines) is 1. The SMILES string of the molecule is Cc1ccc(C(=O)N(CC(C)C)C[C@H]2CN(Cc3cccc(C(F)(F)F)c3)C[C@H]2c2cccc(C(F)(F)F)c2)cc1. The summed E-state index contributed by atoms with van der Waals surface area (Å²) < 4.78 is 80.6. The van der Waals surface area contributed by atoms with Crippen molar-refractivity contribution in [1.29, 1.82) is 0 Å². The lowest BCUT2D eigenvalue weighted by Crippen LogP contribution is -2.39. The Morgan fingerprint density at radius 1 is 0.878 bits per heavy atom. The van der Waals surface area contributed by atoms with Crippen LogP contribution in [0.25, 0.3) is 0 Å². The Balaban J connectivity index is 1.64. The number of benzene rings is 3. The largest absolute Gasteiger partial charge is 0.416 e. The van der Waals surface area contributed by atoms with Gasteiger partial charge in [0.25, 0.3) is 5.91 Å². The van der Waals surface area contributed by atoms with Gasteiger partial charge >= 0.3 is 12.4 Å². The van der Waals surface area contributed by atoms with E-state index in [4.69, 9.17) is 0 Å². The summed E-state index contributed by atoms with van der Waals surface area (Å²) in [6, 6.07) is 17.6. The maximum Gasteiger partial charge on any atom is 0.416 e. The number of rotatable bonds is 8. The van der Waals surface area contributed by atoms with Crippen LogP contribution in [0, 0.1) is 18.8 Å². The van der Waals surface area contributed by atoms with Gasteiger partial charge in [0.1, 0.15) is 0 Å². The van der Waals surface area contributed by atoms with Crippen LogP contribution in [0.15, 0.2) is 72.8 Å². The lowest BCUT2D eigenvalue weighted by molar-refractivity contribution is -0.138. The molecular formula is C32H34F6N2O. The third kappa shape index (κ3) is 7.91. The van der Waals surface area contributed by atoms with Crippen molar-refractivity contribution in [3.05, 3.63) is 106 Å². The molecule has 0 aromatic heterocycles. The van der Waals surface area contributed by atoms with Gasteiger partial charge < -0.3 is 4.90 Å². The van der Waals surface area contributed by atoms with E-state index >= 15 is 0 Å². The molecule has 220 valence electrons. The number of aryl methyl sites for hydroxylation is 1. The van der Waals surface area contributed by atoms with Crippen LogP contribution in [-0.2, 0) is 18.9 Å². The van der Waals surface area contributed by atoms with Crippen LogP contribution in [0.3, 0.4) is 0 Å². The second-order valence-corrected chi connectivity index (χ2v) is 11.4. The molecule has 3 nitrogen and oxygen atoms in total. The Hall–Kier alpha value is -3.33. The molecule has 0 saturated carbocycles. The highest BCUT2D eigenvalue weighted by atomic mass is 19.4. The number of alkyl halides is 6. The van der Waals surface area contributed by atoms with E-state index in [1.165, 1.54) is 12.1 Å². The van der Waals surface area contributed by atoms with Crippen molar-refractivity contribution in [2.45, 2.75) is 45.6 Å². The molecule has 1 heterocycles. The van der Waals surface area contributed by atoms with Gasteiger partial charge in [0.15, 0.2) is 0 Å². The molecule has 2 atom stereocenters. The predicted octanol–water partition coefficient (Wildman–Crippen LogP) is 8.05. The van der Waals surface area contributed by atoms with Gasteiger partial charge in [-0.15, -0.1) is 0 Å². The lowest BCUT2D eigenvalue weighted by atomic mass is 9.87. The zero-order chi connectivity index (χ0) is 29.9. The molecule has 4 rings (SSSR count). The normalized spacial score (nSPS) is 18.2. The molecule has 1 aliphatic heterocycles. The second kappa shape index (κ2) is 12.3. The molecule has 1 aliphatic rings. The quantitative estimate of drug-likeness (QED) is 0.254. The minimum Gasteiger partial charge on any atom is -0.338 e. The Morgan fingerprint density at radius 2 is 1.49 bits per heavy atom. The van der Waals surface area contributed by atoms with Gasteiger partial charge in [0.05, 0.1) is 11.1 Å². The van der Waals surface area contributed by atoms with E-state index in [2.05, 4.69) is 0 Å². The van der Waals surface area contributed by atoms with E-state index in [1.54, 1.807) is 29.2 Å². The minimum absolute atomic E-state index is 0.152. The summed E-state index contributed by atoms with van der Waals surface area (Å²) in [6.07, 6.45) is -8.98. The highest BCUT2D eigenvalue weighted by Crippen LogP contribution is 2.38. The fourth-order valence-electron chi connectivity index (χ4n) is 5.55. The number of hydrogen-bond acceptors (Lipinski definition) is 2. The Labute approximate surface area is 236 Å². The Morgan fingerprint density at radius 3 is 2.10 bits per heavy atom. The molecule has 1 fully saturated rings. The topological polar surface area (TPSA) is 23.6 Å². The van der Waals surface area contributed by atoms with E-state index in [0.717, 1.165) is 29.8 Å². The molecule has 0 aliphatic carbocycles. The highest BCUT2D eigenvalue weighted by Gasteiger charge is 2.38. The van der Waals surface area contributed by atoms with Crippen molar-refractivity contribution < 1.29 is 31.1 Å². The van der Waals surface area contributed by atoms with Gasteiger partial charge in [-0.25, -0.2) is 0 Å². The van der Waals surface area contributed by atoms with Gasteiger partial charge in [-0.1, -0.05) is 67.9 Å². The van der Waals surface area contributed by atoms with Crippen LogP contribution < -0.4 is 0 Å². The standard InChI is InChI=1S/C32H34F6N2O/c1-21(2)16-40(30(41)24-12-10-22(3)11-13-24)19-26-18-39(17-23-6-4-8-27(14-23)31(33,34)35)20-29(26)25-7-5-9-28(15-25)32(36,37)38/h4-15,21,26,29H,16-20H2,1-3H3/t26-,29+/m1/s1. The second-order valence-electron chi connectivity index (χ2n) is 11.4. The number of halogens is 6. The van der Waals surface area contributed by atoms with Crippen molar-refractivity contribution in [2.75, 3.05) is 26.2 Å². The fraction of sp³-hybridized carbons (Fsp3) is 0.406. The van der Waals surface area contributed by atoms with Crippen molar-refractivity contribution in [2.24, 2.45) is 11.8 Å². The van der Waals surface area contributed by atoms with Crippen molar-refractivity contribution in [3.8, 4) is 0 Å². The van der Waals surface area contributed by atoms with Crippen LogP contribution >= 0.6 is 0 Å². The molecule has 3 aromatic carbocycles. The molecule has 9 heteroatoms. The lowest BCUT2D eigenvalue weighted by Gasteiger charge is -2.30. The van der Waals surface area contributed by atoms with Gasteiger partial charge in [-0.3, -0.25) is 9.69 Å². The van der Waals surface area contributed by atoms with Crippen LogP contribution in [0.1, 0.15) is 57.9 Å². The summed E-state index contributed by atoms with van der Waals surface area (Å²) in [4.78, 5) is 17.3. The fourth-order valence-corrected chi connectivity index (χ4v) is 5.55. The van der Waals surface area contributed by atoms with Crippen molar-refractivity contribution >= 4 is 5.91 Å². The van der Waals surface area contributed by atoms with Crippen LogP contribution in [0.5, 0.6) is 0 Å². The van der Waals surface area contributed by atoms with Gasteiger partial charge in [-0.05, 0) is 54.2 Å². The first-order valence-electron chi connectivity index (χ1n) is 13.6.